The molecule has 0 spiro atoms. The van der Waals surface area contributed by atoms with Crippen molar-refractivity contribution in [2.24, 2.45) is 0 Å². The van der Waals surface area contributed by atoms with Gasteiger partial charge in [-0.15, -0.1) is 0 Å². The Hall–Kier alpha value is -0.930. The highest BCUT2D eigenvalue weighted by Gasteiger charge is 2.17. The van der Waals surface area contributed by atoms with Crippen molar-refractivity contribution in [1.29, 1.82) is 0 Å². The van der Waals surface area contributed by atoms with Crippen LogP contribution in [0, 0.1) is 0 Å². The zero-order valence-corrected chi connectivity index (χ0v) is 10.6. The monoisotopic (exact) mass is 238 g/mol. The first kappa shape index (κ1) is 13.1. The summed E-state index contributed by atoms with van der Waals surface area (Å²) < 4.78 is 11.9. The Morgan fingerprint density at radius 3 is 2.44 bits per heavy atom. The van der Waals surface area contributed by atoms with E-state index in [-0.39, 0.29) is 0 Å². The van der Waals surface area contributed by atoms with Crippen LogP contribution in [0.1, 0.15) is 20.3 Å². The van der Waals surface area contributed by atoms with E-state index in [0.717, 1.165) is 10.5 Å². The van der Waals surface area contributed by atoms with Crippen molar-refractivity contribution >= 4 is 10.8 Å². The molecule has 2 nitrogen and oxygen atoms in total. The topological polar surface area (TPSA) is 37.3 Å². The molecule has 0 heterocycles. The quantitative estimate of drug-likeness (QED) is 0.800. The van der Waals surface area contributed by atoms with Crippen molar-refractivity contribution in [3.63, 3.8) is 0 Å². The minimum Gasteiger partial charge on any atom is -0.386 e. The van der Waals surface area contributed by atoms with E-state index in [1.54, 1.807) is 13.8 Å². The van der Waals surface area contributed by atoms with Crippen LogP contribution in [-0.2, 0) is 10.8 Å². The van der Waals surface area contributed by atoms with Gasteiger partial charge in [-0.2, -0.15) is 0 Å². The zero-order chi connectivity index (χ0) is 12.2. The van der Waals surface area contributed by atoms with E-state index in [0.29, 0.717) is 12.2 Å². The lowest BCUT2D eigenvalue weighted by Crippen LogP contribution is -2.22. The first-order valence-electron chi connectivity index (χ1n) is 5.25. The van der Waals surface area contributed by atoms with Gasteiger partial charge in [0.15, 0.2) is 0 Å². The highest BCUT2D eigenvalue weighted by molar-refractivity contribution is 7.85. The van der Waals surface area contributed by atoms with Crippen molar-refractivity contribution in [2.45, 2.75) is 30.8 Å². The second-order valence-electron chi connectivity index (χ2n) is 4.28. The Morgan fingerprint density at radius 1 is 1.38 bits per heavy atom. The molecule has 0 radical (unpaired) electrons. The van der Waals surface area contributed by atoms with Crippen LogP contribution in [0.5, 0.6) is 0 Å². The number of rotatable bonds is 5. The lowest BCUT2D eigenvalue weighted by molar-refractivity contribution is 0.117. The Kier molecular flexibility index (Phi) is 4.44. The summed E-state index contributed by atoms with van der Waals surface area (Å²) in [5.41, 5.74) is -0.169. The van der Waals surface area contributed by atoms with Gasteiger partial charge in [-0.25, -0.2) is 0 Å². The van der Waals surface area contributed by atoms with Crippen molar-refractivity contribution in [2.75, 3.05) is 5.75 Å². The summed E-state index contributed by atoms with van der Waals surface area (Å²) in [7, 11) is -1.01. The predicted octanol–water partition coefficient (Wildman–Crippen LogP) is 2.51. The predicted molar refractivity (Wildman–Crippen MR) is 67.8 cm³/mol. The van der Waals surface area contributed by atoms with E-state index in [4.69, 9.17) is 0 Å². The average molecular weight is 238 g/mol. The lowest BCUT2D eigenvalue weighted by Gasteiger charge is -2.20. The summed E-state index contributed by atoms with van der Waals surface area (Å²) in [6, 6.07) is 9.35. The first-order valence-corrected chi connectivity index (χ1v) is 6.57. The highest BCUT2D eigenvalue weighted by Crippen LogP contribution is 2.18. The molecule has 1 aromatic carbocycles. The normalized spacial score (nSPS) is 13.4. The molecule has 0 amide bonds. The van der Waals surface area contributed by atoms with Crippen LogP contribution >= 0.6 is 0 Å². The largest absolute Gasteiger partial charge is 0.386 e. The van der Waals surface area contributed by atoms with Gasteiger partial charge in [0.1, 0.15) is 0 Å². The van der Waals surface area contributed by atoms with Crippen LogP contribution in [0.4, 0.5) is 0 Å². The van der Waals surface area contributed by atoms with Gasteiger partial charge in [0.05, 0.1) is 16.4 Å². The molecule has 1 aromatic rings. The van der Waals surface area contributed by atoms with Gasteiger partial charge >= 0.3 is 0 Å². The summed E-state index contributed by atoms with van der Waals surface area (Å²) in [6.07, 6.45) is 0.574. The van der Waals surface area contributed by atoms with E-state index in [2.05, 4.69) is 6.58 Å². The lowest BCUT2D eigenvalue weighted by atomic mass is 9.98. The van der Waals surface area contributed by atoms with E-state index in [9.17, 15) is 9.32 Å². The molecule has 0 fully saturated rings. The maximum atomic E-state index is 11.9. The molecule has 3 heteroatoms. The molecule has 16 heavy (non-hydrogen) atoms. The van der Waals surface area contributed by atoms with Gasteiger partial charge in [-0.3, -0.25) is 4.21 Å². The molecule has 0 bridgehead atoms. The molecule has 0 aliphatic heterocycles. The molecular formula is C13H18O2S. The highest BCUT2D eigenvalue weighted by atomic mass is 32.2. The maximum absolute atomic E-state index is 11.9. The van der Waals surface area contributed by atoms with Gasteiger partial charge in [-0.05, 0) is 38.0 Å². The molecule has 0 saturated heterocycles. The van der Waals surface area contributed by atoms with E-state index in [1.807, 2.05) is 30.3 Å². The Balaban J connectivity index is 2.52. The van der Waals surface area contributed by atoms with E-state index in [1.165, 1.54) is 0 Å². The minimum atomic E-state index is -1.01. The first-order chi connectivity index (χ1) is 7.41. The van der Waals surface area contributed by atoms with Gasteiger partial charge in [-0.1, -0.05) is 24.8 Å². The van der Waals surface area contributed by atoms with Crippen LogP contribution in [0.3, 0.4) is 0 Å². The Labute approximate surface area is 99.5 Å². The van der Waals surface area contributed by atoms with Gasteiger partial charge in [0, 0.05) is 10.6 Å². The molecular weight excluding hydrogens is 220 g/mol. The number of hydrogen-bond donors (Lipinski definition) is 1. The van der Waals surface area contributed by atoms with Crippen LogP contribution < -0.4 is 0 Å². The third-order valence-electron chi connectivity index (χ3n) is 2.46. The van der Waals surface area contributed by atoms with Crippen LogP contribution in [0.15, 0.2) is 47.4 Å². The molecule has 0 saturated carbocycles. The maximum Gasteiger partial charge on any atom is 0.0798 e. The summed E-state index contributed by atoms with van der Waals surface area (Å²) in [6.45, 7) is 7.20. The number of aliphatic hydroxyl groups is 1. The van der Waals surface area contributed by atoms with Gasteiger partial charge in [0.25, 0.3) is 0 Å². The van der Waals surface area contributed by atoms with Crippen molar-refractivity contribution in [1.82, 2.24) is 0 Å². The molecule has 1 N–H and O–H groups in total. The van der Waals surface area contributed by atoms with E-state index < -0.39 is 16.4 Å². The number of benzene rings is 1. The SMILES string of the molecule is C=C(CCS(=O)c1ccccc1)C(C)(C)O. The van der Waals surface area contributed by atoms with E-state index >= 15 is 0 Å². The summed E-state index contributed by atoms with van der Waals surface area (Å²) in [5, 5.41) is 9.67. The fourth-order valence-electron chi connectivity index (χ4n) is 1.21. The van der Waals surface area contributed by atoms with Gasteiger partial charge < -0.3 is 5.11 Å². The van der Waals surface area contributed by atoms with Crippen molar-refractivity contribution < 1.29 is 9.32 Å². The Bertz CT molecular complexity index is 377. The number of hydrogen-bond acceptors (Lipinski definition) is 2. The summed E-state index contributed by atoms with van der Waals surface area (Å²) in [4.78, 5) is 0.825. The van der Waals surface area contributed by atoms with Crippen molar-refractivity contribution in [3.05, 3.63) is 42.5 Å². The molecule has 0 aliphatic carbocycles. The fourth-order valence-corrected chi connectivity index (χ4v) is 2.34. The summed E-state index contributed by atoms with van der Waals surface area (Å²) >= 11 is 0. The summed E-state index contributed by atoms with van der Waals surface area (Å²) in [5.74, 6) is 0.507. The molecule has 88 valence electrons. The minimum absolute atomic E-state index is 0.507. The van der Waals surface area contributed by atoms with Crippen LogP contribution in [0.2, 0.25) is 0 Å². The molecule has 1 unspecified atom stereocenters. The Morgan fingerprint density at radius 2 is 1.94 bits per heavy atom. The molecule has 0 aromatic heterocycles. The fraction of sp³-hybridized carbons (Fsp3) is 0.385. The molecule has 1 rings (SSSR count). The van der Waals surface area contributed by atoms with Crippen LogP contribution in [0.25, 0.3) is 0 Å². The van der Waals surface area contributed by atoms with Gasteiger partial charge in [0.2, 0.25) is 0 Å². The molecule has 0 aliphatic rings. The second kappa shape index (κ2) is 5.41. The zero-order valence-electron chi connectivity index (χ0n) is 9.77. The van der Waals surface area contributed by atoms with Crippen LogP contribution in [-0.4, -0.2) is 20.7 Å². The third-order valence-corrected chi connectivity index (χ3v) is 3.83. The second-order valence-corrected chi connectivity index (χ2v) is 5.85. The third kappa shape index (κ3) is 3.91. The average Bonchev–Trinajstić information content (AvgIpc) is 2.25. The van der Waals surface area contributed by atoms with Crippen molar-refractivity contribution in [3.8, 4) is 0 Å². The standard InChI is InChI=1S/C13H18O2S/c1-11(13(2,3)14)9-10-16(15)12-7-5-4-6-8-12/h4-8,14H,1,9-10H2,2-3H3. The molecule has 1 atom stereocenters. The smallest absolute Gasteiger partial charge is 0.0798 e.